The van der Waals surface area contributed by atoms with Gasteiger partial charge in [-0.1, -0.05) is 17.3 Å². The Labute approximate surface area is 158 Å². The zero-order valence-electron chi connectivity index (χ0n) is 15.5. The highest BCUT2D eigenvalue weighted by Gasteiger charge is 2.38. The van der Waals surface area contributed by atoms with Crippen LogP contribution in [-0.2, 0) is 19.3 Å². The minimum Gasteiger partial charge on any atom is -0.348 e. The van der Waals surface area contributed by atoms with Crippen LogP contribution < -0.4 is 5.32 Å². The topological polar surface area (TPSA) is 85.8 Å². The standard InChI is InChI=1S/C18H18F3N5O2/c1-4-26-11(3)14(10(2)24-26)9-22-16(27)13-7-5-12(6-8-13)15-23-17(28-25-15)18(19,20)21/h5-8H,4,9H2,1-3H3,(H,22,27). The first-order chi connectivity index (χ1) is 13.2. The van der Waals surface area contributed by atoms with Crippen LogP contribution in [0.1, 0.15) is 40.1 Å². The normalized spacial score (nSPS) is 11.6. The van der Waals surface area contributed by atoms with Gasteiger partial charge in [0.2, 0.25) is 5.82 Å². The van der Waals surface area contributed by atoms with Crippen LogP contribution in [0.15, 0.2) is 28.8 Å². The number of alkyl halides is 3. The number of amides is 1. The van der Waals surface area contributed by atoms with Crippen molar-refractivity contribution in [2.75, 3.05) is 0 Å². The Kier molecular flexibility index (Phi) is 5.21. The number of nitrogens with one attached hydrogen (secondary N) is 1. The van der Waals surface area contributed by atoms with E-state index >= 15 is 0 Å². The van der Waals surface area contributed by atoms with Crippen molar-refractivity contribution in [1.29, 1.82) is 0 Å². The minimum atomic E-state index is -4.70. The summed E-state index contributed by atoms with van der Waals surface area (Å²) in [4.78, 5) is 15.7. The molecule has 3 rings (SSSR count). The van der Waals surface area contributed by atoms with Crippen molar-refractivity contribution in [3.63, 3.8) is 0 Å². The average molecular weight is 393 g/mol. The molecule has 0 saturated carbocycles. The van der Waals surface area contributed by atoms with Crippen LogP contribution in [0.25, 0.3) is 11.4 Å². The highest BCUT2D eigenvalue weighted by Crippen LogP contribution is 2.29. The predicted molar refractivity (Wildman–Crippen MR) is 93.3 cm³/mol. The summed E-state index contributed by atoms with van der Waals surface area (Å²) in [6.07, 6.45) is -4.70. The average Bonchev–Trinajstić information content (AvgIpc) is 3.25. The molecule has 148 valence electrons. The lowest BCUT2D eigenvalue weighted by atomic mass is 10.1. The predicted octanol–water partition coefficient (Wildman–Crippen LogP) is 3.52. The van der Waals surface area contributed by atoms with Gasteiger partial charge in [-0.25, -0.2) is 0 Å². The van der Waals surface area contributed by atoms with E-state index in [4.69, 9.17) is 0 Å². The van der Waals surface area contributed by atoms with Crippen LogP contribution in [0, 0.1) is 13.8 Å². The van der Waals surface area contributed by atoms with Crippen molar-refractivity contribution < 1.29 is 22.5 Å². The lowest BCUT2D eigenvalue weighted by molar-refractivity contribution is -0.159. The maximum Gasteiger partial charge on any atom is 0.471 e. The first-order valence-corrected chi connectivity index (χ1v) is 8.53. The summed E-state index contributed by atoms with van der Waals surface area (Å²) >= 11 is 0. The molecule has 0 spiro atoms. The van der Waals surface area contributed by atoms with Crippen LogP contribution >= 0.6 is 0 Å². The second kappa shape index (κ2) is 7.45. The smallest absolute Gasteiger partial charge is 0.348 e. The quantitative estimate of drug-likeness (QED) is 0.717. The molecule has 0 unspecified atom stereocenters. The third-order valence-electron chi connectivity index (χ3n) is 4.33. The molecule has 3 aromatic rings. The van der Waals surface area contributed by atoms with Crippen molar-refractivity contribution in [1.82, 2.24) is 25.2 Å². The summed E-state index contributed by atoms with van der Waals surface area (Å²) in [5.74, 6) is -1.92. The molecule has 1 aromatic carbocycles. The molecule has 7 nitrogen and oxygen atoms in total. The van der Waals surface area contributed by atoms with Gasteiger partial charge in [0.25, 0.3) is 5.91 Å². The fourth-order valence-electron chi connectivity index (χ4n) is 2.80. The summed E-state index contributed by atoms with van der Waals surface area (Å²) in [6.45, 7) is 6.90. The number of nitrogens with zero attached hydrogens (tertiary/aromatic N) is 4. The summed E-state index contributed by atoms with van der Waals surface area (Å²) in [5, 5.41) is 10.6. The van der Waals surface area contributed by atoms with Gasteiger partial charge in [0.15, 0.2) is 0 Å². The molecule has 0 aliphatic carbocycles. The van der Waals surface area contributed by atoms with Crippen LogP contribution in [0.5, 0.6) is 0 Å². The van der Waals surface area contributed by atoms with E-state index in [-0.39, 0.29) is 11.7 Å². The van der Waals surface area contributed by atoms with Crippen molar-refractivity contribution >= 4 is 5.91 Å². The molecule has 0 aliphatic rings. The first kappa shape index (κ1) is 19.6. The van der Waals surface area contributed by atoms with E-state index < -0.39 is 12.1 Å². The Morgan fingerprint density at radius 2 is 1.89 bits per heavy atom. The molecule has 0 saturated heterocycles. The highest BCUT2D eigenvalue weighted by atomic mass is 19.4. The third kappa shape index (κ3) is 3.90. The van der Waals surface area contributed by atoms with Gasteiger partial charge in [0, 0.05) is 35.5 Å². The van der Waals surface area contributed by atoms with E-state index in [2.05, 4.69) is 25.1 Å². The molecule has 28 heavy (non-hydrogen) atoms. The van der Waals surface area contributed by atoms with E-state index in [0.29, 0.717) is 17.7 Å². The van der Waals surface area contributed by atoms with Crippen LogP contribution in [0.4, 0.5) is 13.2 Å². The molecule has 10 heteroatoms. The van der Waals surface area contributed by atoms with Gasteiger partial charge in [-0.3, -0.25) is 9.48 Å². The maximum absolute atomic E-state index is 12.5. The molecule has 0 aliphatic heterocycles. The Balaban J connectivity index is 1.69. The summed E-state index contributed by atoms with van der Waals surface area (Å²) < 4.78 is 43.7. The van der Waals surface area contributed by atoms with Gasteiger partial charge in [-0.2, -0.15) is 23.3 Å². The molecular weight excluding hydrogens is 375 g/mol. The molecule has 1 N–H and O–H groups in total. The van der Waals surface area contributed by atoms with Crippen molar-refractivity contribution in [2.24, 2.45) is 0 Å². The number of carbonyl (C=O) groups is 1. The van der Waals surface area contributed by atoms with E-state index in [9.17, 15) is 18.0 Å². The van der Waals surface area contributed by atoms with Gasteiger partial charge >= 0.3 is 12.1 Å². The molecule has 0 fully saturated rings. The maximum atomic E-state index is 12.5. The molecule has 2 heterocycles. The Morgan fingerprint density at radius 1 is 1.21 bits per heavy atom. The fourth-order valence-corrected chi connectivity index (χ4v) is 2.80. The monoisotopic (exact) mass is 393 g/mol. The van der Waals surface area contributed by atoms with E-state index in [1.165, 1.54) is 24.3 Å². The first-order valence-electron chi connectivity index (χ1n) is 8.53. The van der Waals surface area contributed by atoms with E-state index in [0.717, 1.165) is 23.5 Å². The van der Waals surface area contributed by atoms with Crippen LogP contribution in [0.2, 0.25) is 0 Å². The molecular formula is C18H18F3N5O2. The van der Waals surface area contributed by atoms with Crippen molar-refractivity contribution in [3.8, 4) is 11.4 Å². The van der Waals surface area contributed by atoms with Crippen molar-refractivity contribution in [3.05, 3.63) is 52.7 Å². The highest BCUT2D eigenvalue weighted by molar-refractivity contribution is 5.94. The number of carbonyl (C=O) groups excluding carboxylic acids is 1. The molecule has 1 amide bonds. The van der Waals surface area contributed by atoms with Gasteiger partial charge in [-0.15, -0.1) is 0 Å². The molecule has 0 bridgehead atoms. The number of rotatable bonds is 5. The van der Waals surface area contributed by atoms with Crippen LogP contribution in [-0.4, -0.2) is 25.8 Å². The minimum absolute atomic E-state index is 0.197. The lowest BCUT2D eigenvalue weighted by Gasteiger charge is -2.07. The number of hydrogen-bond donors (Lipinski definition) is 1. The van der Waals surface area contributed by atoms with Gasteiger partial charge in [-0.05, 0) is 32.9 Å². The van der Waals surface area contributed by atoms with E-state index in [1.807, 2.05) is 25.5 Å². The number of benzene rings is 1. The van der Waals surface area contributed by atoms with Gasteiger partial charge < -0.3 is 9.84 Å². The Morgan fingerprint density at radius 3 is 2.43 bits per heavy atom. The fraction of sp³-hybridized carbons (Fsp3) is 0.333. The third-order valence-corrected chi connectivity index (χ3v) is 4.33. The lowest BCUT2D eigenvalue weighted by Crippen LogP contribution is -2.23. The number of aryl methyl sites for hydroxylation is 2. The zero-order valence-corrected chi connectivity index (χ0v) is 15.5. The summed E-state index contributed by atoms with van der Waals surface area (Å²) in [6, 6.07) is 5.91. The SMILES string of the molecule is CCn1nc(C)c(CNC(=O)c2ccc(-c3noc(C(F)(F)F)n3)cc2)c1C. The Hall–Kier alpha value is -3.17. The number of hydrogen-bond acceptors (Lipinski definition) is 5. The zero-order chi connectivity index (χ0) is 20.5. The molecule has 0 radical (unpaired) electrons. The molecule has 0 atom stereocenters. The second-order valence-corrected chi connectivity index (χ2v) is 6.15. The van der Waals surface area contributed by atoms with Gasteiger partial charge in [0.05, 0.1) is 5.69 Å². The largest absolute Gasteiger partial charge is 0.471 e. The van der Waals surface area contributed by atoms with Gasteiger partial charge in [0.1, 0.15) is 0 Å². The molecule has 2 aromatic heterocycles. The summed E-state index contributed by atoms with van der Waals surface area (Å²) in [5.41, 5.74) is 3.48. The van der Waals surface area contributed by atoms with E-state index in [1.54, 1.807) is 0 Å². The number of aromatic nitrogens is 4. The van der Waals surface area contributed by atoms with Crippen LogP contribution in [0.3, 0.4) is 0 Å². The second-order valence-electron chi connectivity index (χ2n) is 6.15. The Bertz CT molecular complexity index is 990. The van der Waals surface area contributed by atoms with Crippen molar-refractivity contribution in [2.45, 2.75) is 40.0 Å². The summed E-state index contributed by atoms with van der Waals surface area (Å²) in [7, 11) is 0. The number of halogens is 3.